The molecule has 1 rings (SSSR count). The minimum Gasteiger partial charge on any atom is -0.251 e. The SMILES string of the molecule is Cc1cc(N=[N+]=[N-])cnc1C(F)(F)F. The summed E-state index contributed by atoms with van der Waals surface area (Å²) in [6.45, 7) is 1.26. The maximum Gasteiger partial charge on any atom is 0.433 e. The van der Waals surface area contributed by atoms with Crippen LogP contribution < -0.4 is 0 Å². The Morgan fingerprint density at radius 3 is 2.57 bits per heavy atom. The second kappa shape index (κ2) is 3.55. The fraction of sp³-hybridized carbons (Fsp3) is 0.286. The van der Waals surface area contributed by atoms with Crippen LogP contribution in [0.3, 0.4) is 0 Å². The molecular formula is C7H5F3N4. The standard InChI is InChI=1S/C7H5F3N4/c1-4-2-5(13-14-11)3-12-6(4)7(8,9)10/h2-3H,1H3. The lowest BCUT2D eigenvalue weighted by atomic mass is 10.2. The van der Waals surface area contributed by atoms with E-state index >= 15 is 0 Å². The van der Waals surface area contributed by atoms with Gasteiger partial charge in [0, 0.05) is 11.1 Å². The first-order valence-electron chi connectivity index (χ1n) is 3.54. The zero-order valence-electron chi connectivity index (χ0n) is 7.08. The molecule has 0 aromatic carbocycles. The van der Waals surface area contributed by atoms with E-state index in [9.17, 15) is 13.2 Å². The quantitative estimate of drug-likeness (QED) is 0.391. The van der Waals surface area contributed by atoms with Crippen LogP contribution in [0.2, 0.25) is 0 Å². The van der Waals surface area contributed by atoms with Crippen LogP contribution in [-0.4, -0.2) is 4.98 Å². The number of pyridine rings is 1. The van der Waals surface area contributed by atoms with Gasteiger partial charge in [0.05, 0.1) is 5.69 Å². The maximum atomic E-state index is 12.2. The van der Waals surface area contributed by atoms with Crippen LogP contribution in [0.4, 0.5) is 18.9 Å². The van der Waals surface area contributed by atoms with Crippen LogP contribution in [0.15, 0.2) is 17.4 Å². The first kappa shape index (κ1) is 10.3. The van der Waals surface area contributed by atoms with E-state index in [4.69, 9.17) is 5.53 Å². The third-order valence-corrected chi connectivity index (χ3v) is 1.49. The molecule has 0 saturated heterocycles. The number of hydrogen-bond acceptors (Lipinski definition) is 2. The van der Waals surface area contributed by atoms with Crippen molar-refractivity contribution in [3.63, 3.8) is 0 Å². The van der Waals surface area contributed by atoms with Crippen molar-refractivity contribution >= 4 is 5.69 Å². The molecule has 1 heterocycles. The highest BCUT2D eigenvalue weighted by atomic mass is 19.4. The lowest BCUT2D eigenvalue weighted by Crippen LogP contribution is -2.09. The second-order valence-corrected chi connectivity index (χ2v) is 2.55. The summed E-state index contributed by atoms with van der Waals surface area (Å²) in [6, 6.07) is 1.13. The lowest BCUT2D eigenvalue weighted by Gasteiger charge is -2.08. The molecule has 4 nitrogen and oxygen atoms in total. The van der Waals surface area contributed by atoms with Gasteiger partial charge in [0.1, 0.15) is 5.69 Å². The highest BCUT2D eigenvalue weighted by Crippen LogP contribution is 2.31. The van der Waals surface area contributed by atoms with E-state index in [2.05, 4.69) is 15.0 Å². The lowest BCUT2D eigenvalue weighted by molar-refractivity contribution is -0.141. The summed E-state index contributed by atoms with van der Waals surface area (Å²) < 4.78 is 36.6. The van der Waals surface area contributed by atoms with Gasteiger partial charge in [-0.05, 0) is 24.1 Å². The number of hydrogen-bond donors (Lipinski definition) is 0. The molecule has 0 fully saturated rings. The second-order valence-electron chi connectivity index (χ2n) is 2.55. The molecule has 1 aromatic rings. The van der Waals surface area contributed by atoms with Crippen LogP contribution in [0.25, 0.3) is 10.4 Å². The molecule has 0 saturated carbocycles. The van der Waals surface area contributed by atoms with E-state index in [1.807, 2.05) is 0 Å². The van der Waals surface area contributed by atoms with Gasteiger partial charge in [0.15, 0.2) is 0 Å². The van der Waals surface area contributed by atoms with Crippen molar-refractivity contribution in [3.05, 3.63) is 34.0 Å². The monoisotopic (exact) mass is 202 g/mol. The molecule has 7 heteroatoms. The van der Waals surface area contributed by atoms with E-state index in [1.54, 1.807) is 0 Å². The predicted molar refractivity (Wildman–Crippen MR) is 42.8 cm³/mol. The molecule has 0 N–H and O–H groups in total. The highest BCUT2D eigenvalue weighted by molar-refractivity contribution is 5.39. The fourth-order valence-corrected chi connectivity index (χ4v) is 0.963. The third kappa shape index (κ3) is 2.14. The van der Waals surface area contributed by atoms with Gasteiger partial charge < -0.3 is 0 Å². The number of aromatic nitrogens is 1. The fourth-order valence-electron chi connectivity index (χ4n) is 0.963. The first-order valence-corrected chi connectivity index (χ1v) is 3.54. The summed E-state index contributed by atoms with van der Waals surface area (Å²) in [4.78, 5) is 5.62. The van der Waals surface area contributed by atoms with E-state index in [1.165, 1.54) is 6.92 Å². The third-order valence-electron chi connectivity index (χ3n) is 1.49. The zero-order valence-corrected chi connectivity index (χ0v) is 7.08. The van der Waals surface area contributed by atoms with Crippen LogP contribution in [-0.2, 0) is 6.18 Å². The van der Waals surface area contributed by atoms with Crippen molar-refractivity contribution < 1.29 is 13.2 Å². The molecule has 0 aliphatic rings. The van der Waals surface area contributed by atoms with Crippen molar-refractivity contribution in [1.29, 1.82) is 0 Å². The average Bonchev–Trinajstić information content (AvgIpc) is 2.02. The molecule has 14 heavy (non-hydrogen) atoms. The van der Waals surface area contributed by atoms with Gasteiger partial charge in [-0.25, -0.2) is 0 Å². The molecule has 0 unspecified atom stereocenters. The summed E-state index contributed by atoms with van der Waals surface area (Å²) >= 11 is 0. The van der Waals surface area contributed by atoms with E-state index < -0.39 is 11.9 Å². The molecular weight excluding hydrogens is 197 g/mol. The topological polar surface area (TPSA) is 61.7 Å². The molecule has 74 valence electrons. The Kier molecular flexibility index (Phi) is 2.62. The van der Waals surface area contributed by atoms with E-state index in [0.29, 0.717) is 0 Å². The Bertz CT molecular complexity index is 392. The molecule has 0 bridgehead atoms. The summed E-state index contributed by atoms with van der Waals surface area (Å²) in [5.74, 6) is 0. The van der Waals surface area contributed by atoms with Gasteiger partial charge in [-0.15, -0.1) is 0 Å². The Labute approximate surface area is 77.0 Å². The van der Waals surface area contributed by atoms with Crippen molar-refractivity contribution in [2.45, 2.75) is 13.1 Å². The van der Waals surface area contributed by atoms with Gasteiger partial charge in [0.2, 0.25) is 0 Å². The molecule has 0 atom stereocenters. The first-order chi connectivity index (χ1) is 6.45. The molecule has 1 aromatic heterocycles. The van der Waals surface area contributed by atoms with E-state index in [0.717, 1.165) is 12.3 Å². The average molecular weight is 202 g/mol. The van der Waals surface area contributed by atoms with Gasteiger partial charge >= 0.3 is 6.18 Å². The van der Waals surface area contributed by atoms with Crippen molar-refractivity contribution in [2.24, 2.45) is 5.11 Å². The number of aryl methyl sites for hydroxylation is 1. The van der Waals surface area contributed by atoms with Crippen molar-refractivity contribution in [3.8, 4) is 0 Å². The van der Waals surface area contributed by atoms with Crippen LogP contribution >= 0.6 is 0 Å². The molecule has 0 aliphatic carbocycles. The van der Waals surface area contributed by atoms with Gasteiger partial charge in [-0.2, -0.15) is 13.2 Å². The smallest absolute Gasteiger partial charge is 0.251 e. The van der Waals surface area contributed by atoms with Crippen molar-refractivity contribution in [1.82, 2.24) is 4.98 Å². The highest BCUT2D eigenvalue weighted by Gasteiger charge is 2.34. The normalized spacial score (nSPS) is 10.9. The number of nitrogens with zero attached hydrogens (tertiary/aromatic N) is 4. The number of alkyl halides is 3. The van der Waals surface area contributed by atoms with Gasteiger partial charge in [0.25, 0.3) is 0 Å². The van der Waals surface area contributed by atoms with Crippen LogP contribution in [0.1, 0.15) is 11.3 Å². The summed E-state index contributed by atoms with van der Waals surface area (Å²) in [6.07, 6.45) is -3.59. The van der Waals surface area contributed by atoms with E-state index in [-0.39, 0.29) is 11.3 Å². The van der Waals surface area contributed by atoms with Crippen molar-refractivity contribution in [2.75, 3.05) is 0 Å². The Balaban J connectivity index is 3.20. The zero-order chi connectivity index (χ0) is 10.8. The van der Waals surface area contributed by atoms with Gasteiger partial charge in [-0.3, -0.25) is 4.98 Å². The largest absolute Gasteiger partial charge is 0.433 e. The summed E-state index contributed by atoms with van der Waals surface area (Å²) in [7, 11) is 0. The van der Waals surface area contributed by atoms with Crippen LogP contribution in [0.5, 0.6) is 0 Å². The number of azide groups is 1. The molecule has 0 aliphatic heterocycles. The maximum absolute atomic E-state index is 12.2. The number of rotatable bonds is 1. The van der Waals surface area contributed by atoms with Crippen LogP contribution in [0, 0.1) is 6.92 Å². The Hall–Kier alpha value is -1.75. The minimum absolute atomic E-state index is 0.0672. The molecule has 0 radical (unpaired) electrons. The predicted octanol–water partition coefficient (Wildman–Crippen LogP) is 3.35. The summed E-state index contributed by atoms with van der Waals surface area (Å²) in [5.41, 5.74) is 7.08. The number of halogens is 3. The summed E-state index contributed by atoms with van der Waals surface area (Å²) in [5, 5.41) is 3.14. The Morgan fingerprint density at radius 1 is 1.50 bits per heavy atom. The van der Waals surface area contributed by atoms with Gasteiger partial charge in [-0.1, -0.05) is 5.11 Å². The Morgan fingerprint density at radius 2 is 2.14 bits per heavy atom. The molecule has 0 amide bonds. The minimum atomic E-state index is -4.47. The molecule has 0 spiro atoms.